The molecule has 0 radical (unpaired) electrons. The number of benzene rings is 2. The van der Waals surface area contributed by atoms with E-state index in [0.29, 0.717) is 5.56 Å². The van der Waals surface area contributed by atoms with Gasteiger partial charge < -0.3 is 5.32 Å². The van der Waals surface area contributed by atoms with Crippen LogP contribution in [0.5, 0.6) is 0 Å². The standard InChI is InChI=1S/C21H17N3OS/c1-13-5-3-6-15(11-13)19(25)23-18-12-16(9-8-14(18)2)20-24-17-7-4-10-22-21(17)26-20/h3-12H,1-2H3,(H,23,25). The molecular formula is C21H17N3OS. The Kier molecular flexibility index (Phi) is 4.22. The van der Waals surface area contributed by atoms with Gasteiger partial charge in [0.05, 0.1) is 0 Å². The van der Waals surface area contributed by atoms with Crippen LogP contribution in [0.2, 0.25) is 0 Å². The van der Waals surface area contributed by atoms with Gasteiger partial charge in [-0.15, -0.1) is 0 Å². The van der Waals surface area contributed by atoms with Crippen LogP contribution >= 0.6 is 11.3 Å². The fourth-order valence-corrected chi connectivity index (χ4v) is 3.67. The maximum atomic E-state index is 12.6. The fourth-order valence-electron chi connectivity index (χ4n) is 2.76. The number of carbonyl (C=O) groups excluding carboxylic acids is 1. The third-order valence-electron chi connectivity index (χ3n) is 4.18. The second-order valence-electron chi connectivity index (χ2n) is 6.20. The van der Waals surface area contributed by atoms with Crippen molar-refractivity contribution in [2.24, 2.45) is 0 Å². The van der Waals surface area contributed by atoms with Gasteiger partial charge in [-0.3, -0.25) is 4.79 Å². The van der Waals surface area contributed by atoms with Crippen molar-refractivity contribution in [3.63, 3.8) is 0 Å². The Hall–Kier alpha value is -3.05. The summed E-state index contributed by atoms with van der Waals surface area (Å²) in [5.74, 6) is -0.111. The number of hydrogen-bond donors (Lipinski definition) is 1. The first kappa shape index (κ1) is 16.4. The molecule has 0 saturated heterocycles. The highest BCUT2D eigenvalue weighted by Crippen LogP contribution is 2.31. The highest BCUT2D eigenvalue weighted by molar-refractivity contribution is 7.21. The zero-order valence-electron chi connectivity index (χ0n) is 14.5. The lowest BCUT2D eigenvalue weighted by molar-refractivity contribution is 0.102. The Morgan fingerprint density at radius 3 is 2.73 bits per heavy atom. The molecule has 0 aliphatic rings. The molecule has 4 aromatic rings. The molecule has 1 N–H and O–H groups in total. The van der Waals surface area contributed by atoms with Gasteiger partial charge in [-0.1, -0.05) is 41.2 Å². The normalized spacial score (nSPS) is 10.8. The highest BCUT2D eigenvalue weighted by Gasteiger charge is 2.11. The van der Waals surface area contributed by atoms with Crippen LogP contribution < -0.4 is 5.32 Å². The highest BCUT2D eigenvalue weighted by atomic mass is 32.1. The first-order valence-electron chi connectivity index (χ1n) is 8.31. The van der Waals surface area contributed by atoms with E-state index in [0.717, 1.165) is 37.7 Å². The van der Waals surface area contributed by atoms with Gasteiger partial charge in [0.2, 0.25) is 0 Å². The number of aromatic nitrogens is 2. The average Bonchev–Trinajstić information content (AvgIpc) is 3.07. The summed E-state index contributed by atoms with van der Waals surface area (Å²) < 4.78 is 0. The molecule has 2 aromatic carbocycles. The minimum atomic E-state index is -0.111. The van der Waals surface area contributed by atoms with E-state index in [1.165, 1.54) is 0 Å². The predicted octanol–water partition coefficient (Wildman–Crippen LogP) is 5.23. The maximum Gasteiger partial charge on any atom is 0.255 e. The Labute approximate surface area is 155 Å². The summed E-state index contributed by atoms with van der Waals surface area (Å²) in [6.07, 6.45) is 1.77. The van der Waals surface area contributed by atoms with E-state index in [2.05, 4.69) is 15.3 Å². The van der Waals surface area contributed by atoms with Gasteiger partial charge in [-0.2, -0.15) is 0 Å². The average molecular weight is 359 g/mol. The van der Waals surface area contributed by atoms with E-state index >= 15 is 0 Å². The zero-order chi connectivity index (χ0) is 18.1. The number of rotatable bonds is 3. The summed E-state index contributed by atoms with van der Waals surface area (Å²) in [5, 5.41) is 3.91. The molecule has 5 heteroatoms. The molecule has 0 fully saturated rings. The molecule has 4 nitrogen and oxygen atoms in total. The van der Waals surface area contributed by atoms with Gasteiger partial charge in [0.15, 0.2) is 0 Å². The molecule has 4 rings (SSSR count). The number of anilines is 1. The lowest BCUT2D eigenvalue weighted by Gasteiger charge is -2.10. The van der Waals surface area contributed by atoms with Crippen molar-refractivity contribution in [3.05, 3.63) is 77.5 Å². The van der Waals surface area contributed by atoms with Gasteiger partial charge in [0.1, 0.15) is 15.4 Å². The Balaban J connectivity index is 1.67. The third kappa shape index (κ3) is 3.21. The number of nitrogens with one attached hydrogen (secondary N) is 1. The second kappa shape index (κ2) is 6.69. The van der Waals surface area contributed by atoms with Crippen molar-refractivity contribution in [1.29, 1.82) is 0 Å². The van der Waals surface area contributed by atoms with E-state index < -0.39 is 0 Å². The van der Waals surface area contributed by atoms with Crippen molar-refractivity contribution in [3.8, 4) is 10.6 Å². The van der Waals surface area contributed by atoms with Crippen molar-refractivity contribution in [2.45, 2.75) is 13.8 Å². The summed E-state index contributed by atoms with van der Waals surface area (Å²) in [6, 6.07) is 17.4. The number of amides is 1. The number of pyridine rings is 1. The van der Waals surface area contributed by atoms with Gasteiger partial charge >= 0.3 is 0 Å². The Morgan fingerprint density at radius 2 is 1.92 bits per heavy atom. The molecule has 0 saturated carbocycles. The Bertz CT molecular complexity index is 1080. The number of hydrogen-bond acceptors (Lipinski definition) is 4. The van der Waals surface area contributed by atoms with Crippen LogP contribution in [0.25, 0.3) is 20.9 Å². The van der Waals surface area contributed by atoms with Crippen LogP contribution in [0.1, 0.15) is 21.5 Å². The lowest BCUT2D eigenvalue weighted by atomic mass is 10.1. The largest absolute Gasteiger partial charge is 0.322 e. The summed E-state index contributed by atoms with van der Waals surface area (Å²) in [5.41, 5.74) is 5.37. The first-order valence-corrected chi connectivity index (χ1v) is 9.12. The van der Waals surface area contributed by atoms with Crippen molar-refractivity contribution >= 4 is 33.3 Å². The minimum Gasteiger partial charge on any atom is -0.322 e. The van der Waals surface area contributed by atoms with Crippen LogP contribution in [-0.4, -0.2) is 15.9 Å². The smallest absolute Gasteiger partial charge is 0.255 e. The minimum absolute atomic E-state index is 0.111. The maximum absolute atomic E-state index is 12.6. The molecule has 128 valence electrons. The number of fused-ring (bicyclic) bond motifs is 1. The third-order valence-corrected chi connectivity index (χ3v) is 5.21. The van der Waals surface area contributed by atoms with Gasteiger partial charge in [0.25, 0.3) is 5.91 Å². The van der Waals surface area contributed by atoms with Gasteiger partial charge in [0, 0.05) is 23.0 Å². The number of carbonyl (C=O) groups is 1. The van der Waals surface area contributed by atoms with E-state index in [9.17, 15) is 4.79 Å². The van der Waals surface area contributed by atoms with Crippen LogP contribution in [0, 0.1) is 13.8 Å². The van der Waals surface area contributed by atoms with Gasteiger partial charge in [-0.25, -0.2) is 9.97 Å². The molecule has 0 atom stereocenters. The molecule has 26 heavy (non-hydrogen) atoms. The van der Waals surface area contributed by atoms with E-state index in [1.807, 2.05) is 68.4 Å². The number of aryl methyl sites for hydroxylation is 2. The predicted molar refractivity (Wildman–Crippen MR) is 107 cm³/mol. The van der Waals surface area contributed by atoms with Crippen molar-refractivity contribution < 1.29 is 4.79 Å². The lowest BCUT2D eigenvalue weighted by Crippen LogP contribution is -2.12. The van der Waals surface area contributed by atoms with Crippen LogP contribution in [-0.2, 0) is 0 Å². The van der Waals surface area contributed by atoms with E-state index in [4.69, 9.17) is 0 Å². The fraction of sp³-hybridized carbons (Fsp3) is 0.0952. The topological polar surface area (TPSA) is 54.9 Å². The van der Waals surface area contributed by atoms with E-state index in [-0.39, 0.29) is 5.91 Å². The van der Waals surface area contributed by atoms with Crippen LogP contribution in [0.4, 0.5) is 5.69 Å². The first-order chi connectivity index (χ1) is 12.6. The summed E-state index contributed by atoms with van der Waals surface area (Å²) in [7, 11) is 0. The number of nitrogens with zero attached hydrogens (tertiary/aromatic N) is 2. The van der Waals surface area contributed by atoms with Gasteiger partial charge in [-0.05, 0) is 49.7 Å². The van der Waals surface area contributed by atoms with Crippen molar-refractivity contribution in [1.82, 2.24) is 9.97 Å². The second-order valence-corrected chi connectivity index (χ2v) is 7.18. The molecule has 0 bridgehead atoms. The molecule has 2 heterocycles. The summed E-state index contributed by atoms with van der Waals surface area (Å²) in [6.45, 7) is 3.96. The zero-order valence-corrected chi connectivity index (χ0v) is 15.3. The molecule has 1 amide bonds. The molecule has 0 spiro atoms. The summed E-state index contributed by atoms with van der Waals surface area (Å²) in [4.78, 5) is 22.5. The number of thiazole rings is 1. The Morgan fingerprint density at radius 1 is 1.04 bits per heavy atom. The van der Waals surface area contributed by atoms with Crippen LogP contribution in [0.15, 0.2) is 60.8 Å². The SMILES string of the molecule is Cc1cccc(C(=O)Nc2cc(-c3nc4cccnc4s3)ccc2C)c1. The molecule has 0 unspecified atom stereocenters. The summed E-state index contributed by atoms with van der Waals surface area (Å²) >= 11 is 1.55. The molecule has 0 aliphatic carbocycles. The van der Waals surface area contributed by atoms with Crippen LogP contribution in [0.3, 0.4) is 0 Å². The molecule has 0 aliphatic heterocycles. The quantitative estimate of drug-likeness (QED) is 0.545. The molecular weight excluding hydrogens is 342 g/mol. The van der Waals surface area contributed by atoms with Crippen molar-refractivity contribution in [2.75, 3.05) is 5.32 Å². The van der Waals surface area contributed by atoms with E-state index in [1.54, 1.807) is 17.5 Å². The molecule has 2 aromatic heterocycles. The monoisotopic (exact) mass is 359 g/mol.